The third kappa shape index (κ3) is 4.78. The van der Waals surface area contributed by atoms with Crippen LogP contribution in [-0.4, -0.2) is 49.4 Å². The number of fused-ring (bicyclic) bond motifs is 1. The van der Waals surface area contributed by atoms with Crippen molar-refractivity contribution in [3.05, 3.63) is 58.4 Å². The van der Waals surface area contributed by atoms with Gasteiger partial charge in [0.1, 0.15) is 6.54 Å². The van der Waals surface area contributed by atoms with Crippen LogP contribution in [0.5, 0.6) is 0 Å². The van der Waals surface area contributed by atoms with Crippen molar-refractivity contribution in [2.75, 3.05) is 14.2 Å². The minimum atomic E-state index is -3.59. The second-order valence-corrected chi connectivity index (χ2v) is 10.9. The number of esters is 1. The van der Waals surface area contributed by atoms with Crippen LogP contribution in [0.3, 0.4) is 0 Å². The van der Waals surface area contributed by atoms with E-state index < -0.39 is 21.9 Å². The predicted molar refractivity (Wildman–Crippen MR) is 126 cm³/mol. The number of amides is 1. The van der Waals surface area contributed by atoms with Crippen molar-refractivity contribution in [2.45, 2.75) is 43.7 Å². The molecule has 0 saturated heterocycles. The normalized spacial score (nSPS) is 14.7. The number of aromatic nitrogens is 1. The lowest BCUT2D eigenvalue weighted by Crippen LogP contribution is -2.28. The standard InChI is InChI=1S/C23H25N3O5S2/c1-4-15-5-12-19-20(13-15)32-23(26(19)14-21(27)31-3)24-22(28)16-6-10-18(11-7-16)33(29,30)25(2)17-8-9-17/h5-7,10-13,17H,4,8-9,14H2,1-3H3. The SMILES string of the molecule is CCc1ccc2c(c1)sc(=NC(=O)c1ccc(S(=O)(=O)N(C)C3CC3)cc1)n2CC(=O)OC. The van der Waals surface area contributed by atoms with Gasteiger partial charge in [-0.05, 0) is 61.2 Å². The van der Waals surface area contributed by atoms with Crippen LogP contribution in [0.25, 0.3) is 10.2 Å². The number of thiazole rings is 1. The molecule has 1 fully saturated rings. The Morgan fingerprint density at radius 3 is 2.48 bits per heavy atom. The van der Waals surface area contributed by atoms with Crippen LogP contribution < -0.4 is 4.80 Å². The van der Waals surface area contributed by atoms with Crippen LogP contribution >= 0.6 is 11.3 Å². The lowest BCUT2D eigenvalue weighted by molar-refractivity contribution is -0.141. The summed E-state index contributed by atoms with van der Waals surface area (Å²) in [6.45, 7) is 1.98. The predicted octanol–water partition coefficient (Wildman–Crippen LogP) is 2.96. The third-order valence-electron chi connectivity index (χ3n) is 5.71. The minimum absolute atomic E-state index is 0.0535. The van der Waals surface area contributed by atoms with Gasteiger partial charge in [-0.25, -0.2) is 8.42 Å². The molecule has 1 amide bonds. The van der Waals surface area contributed by atoms with E-state index in [-0.39, 0.29) is 23.0 Å². The molecule has 0 unspecified atom stereocenters. The second-order valence-electron chi connectivity index (χ2n) is 7.90. The highest BCUT2D eigenvalue weighted by molar-refractivity contribution is 7.89. The molecule has 4 rings (SSSR count). The number of hydrogen-bond donors (Lipinski definition) is 0. The smallest absolute Gasteiger partial charge is 0.325 e. The Morgan fingerprint density at radius 1 is 1.18 bits per heavy atom. The molecule has 10 heteroatoms. The number of carbonyl (C=O) groups is 2. The summed E-state index contributed by atoms with van der Waals surface area (Å²) in [5.41, 5.74) is 2.19. The molecule has 0 N–H and O–H groups in total. The second kappa shape index (κ2) is 9.20. The molecule has 1 aliphatic rings. The van der Waals surface area contributed by atoms with Gasteiger partial charge in [-0.1, -0.05) is 24.3 Å². The van der Waals surface area contributed by atoms with Gasteiger partial charge in [0, 0.05) is 18.7 Å². The summed E-state index contributed by atoms with van der Waals surface area (Å²) < 4.78 is 34.1. The van der Waals surface area contributed by atoms with Crippen LogP contribution in [-0.2, 0) is 32.5 Å². The first-order chi connectivity index (χ1) is 15.7. The summed E-state index contributed by atoms with van der Waals surface area (Å²) in [4.78, 5) is 29.6. The van der Waals surface area contributed by atoms with Crippen molar-refractivity contribution >= 4 is 43.5 Å². The molecule has 0 radical (unpaired) electrons. The molecule has 0 spiro atoms. The average molecular weight is 488 g/mol. The van der Waals surface area contributed by atoms with Gasteiger partial charge in [0.25, 0.3) is 5.91 Å². The molecular formula is C23H25N3O5S2. The van der Waals surface area contributed by atoms with Gasteiger partial charge >= 0.3 is 5.97 Å². The number of nitrogens with zero attached hydrogens (tertiary/aromatic N) is 3. The van der Waals surface area contributed by atoms with Gasteiger partial charge in [-0.3, -0.25) is 9.59 Å². The van der Waals surface area contributed by atoms with E-state index in [0.717, 1.165) is 35.0 Å². The molecule has 0 bridgehead atoms. The lowest BCUT2D eigenvalue weighted by atomic mass is 10.2. The highest BCUT2D eigenvalue weighted by atomic mass is 32.2. The third-order valence-corrected chi connectivity index (χ3v) is 8.67. The number of aryl methyl sites for hydroxylation is 1. The quantitative estimate of drug-likeness (QED) is 0.477. The number of ether oxygens (including phenoxy) is 1. The van der Waals surface area contributed by atoms with Crippen LogP contribution in [0.2, 0.25) is 0 Å². The number of sulfonamides is 1. The maximum absolute atomic E-state index is 12.9. The fraction of sp³-hybridized carbons (Fsp3) is 0.348. The van der Waals surface area contributed by atoms with Gasteiger partial charge in [-0.15, -0.1) is 0 Å². The topological polar surface area (TPSA) is 98.0 Å². The number of carbonyl (C=O) groups excluding carboxylic acids is 2. The van der Waals surface area contributed by atoms with E-state index in [1.807, 2.05) is 18.2 Å². The average Bonchev–Trinajstić information content (AvgIpc) is 3.62. The number of hydrogen-bond acceptors (Lipinski definition) is 6. The Morgan fingerprint density at radius 2 is 1.88 bits per heavy atom. The van der Waals surface area contributed by atoms with E-state index in [2.05, 4.69) is 11.9 Å². The molecule has 1 aromatic heterocycles. The van der Waals surface area contributed by atoms with Crippen molar-refractivity contribution < 1.29 is 22.7 Å². The molecule has 174 valence electrons. The Labute approximate surface area is 196 Å². The van der Waals surface area contributed by atoms with Crippen LogP contribution in [0.15, 0.2) is 52.4 Å². The summed E-state index contributed by atoms with van der Waals surface area (Å²) >= 11 is 1.32. The summed E-state index contributed by atoms with van der Waals surface area (Å²) in [5.74, 6) is -0.965. The molecule has 8 nitrogen and oxygen atoms in total. The molecular weight excluding hydrogens is 462 g/mol. The number of methoxy groups -OCH3 is 1. The first-order valence-electron chi connectivity index (χ1n) is 10.6. The van der Waals surface area contributed by atoms with Gasteiger partial charge in [0.15, 0.2) is 4.80 Å². The number of benzene rings is 2. The van der Waals surface area contributed by atoms with E-state index in [0.29, 0.717) is 4.80 Å². The summed E-state index contributed by atoms with van der Waals surface area (Å²) in [6.07, 6.45) is 2.60. The first-order valence-corrected chi connectivity index (χ1v) is 12.9. The Kier molecular flexibility index (Phi) is 6.51. The fourth-order valence-corrected chi connectivity index (χ4v) is 6.00. The van der Waals surface area contributed by atoms with E-state index >= 15 is 0 Å². The van der Waals surface area contributed by atoms with Crippen LogP contribution in [0, 0.1) is 0 Å². The highest BCUT2D eigenvalue weighted by Gasteiger charge is 2.35. The van der Waals surface area contributed by atoms with E-state index in [1.165, 1.54) is 47.0 Å². The highest BCUT2D eigenvalue weighted by Crippen LogP contribution is 2.30. The minimum Gasteiger partial charge on any atom is -0.468 e. The van der Waals surface area contributed by atoms with Crippen molar-refractivity contribution in [1.29, 1.82) is 0 Å². The Balaban J connectivity index is 1.69. The maximum atomic E-state index is 12.9. The van der Waals surface area contributed by atoms with Gasteiger partial charge < -0.3 is 9.30 Å². The molecule has 3 aromatic rings. The summed E-state index contributed by atoms with van der Waals surface area (Å²) in [5, 5.41) is 0. The van der Waals surface area contributed by atoms with Crippen molar-refractivity contribution in [1.82, 2.24) is 8.87 Å². The summed E-state index contributed by atoms with van der Waals surface area (Å²) in [6, 6.07) is 11.7. The molecule has 2 aromatic carbocycles. The molecule has 33 heavy (non-hydrogen) atoms. The molecule has 1 heterocycles. The molecule has 0 aliphatic heterocycles. The van der Waals surface area contributed by atoms with Crippen molar-refractivity contribution in [3.63, 3.8) is 0 Å². The largest absolute Gasteiger partial charge is 0.468 e. The molecule has 1 saturated carbocycles. The Hall–Kier alpha value is -2.82. The zero-order valence-corrected chi connectivity index (χ0v) is 20.3. The van der Waals surface area contributed by atoms with Gasteiger partial charge in [-0.2, -0.15) is 9.30 Å². The van der Waals surface area contributed by atoms with E-state index in [1.54, 1.807) is 11.6 Å². The summed E-state index contributed by atoms with van der Waals surface area (Å²) in [7, 11) is -0.700. The zero-order valence-electron chi connectivity index (χ0n) is 18.6. The van der Waals surface area contributed by atoms with Crippen molar-refractivity contribution in [3.8, 4) is 0 Å². The number of rotatable bonds is 7. The van der Waals surface area contributed by atoms with Crippen molar-refractivity contribution in [2.24, 2.45) is 4.99 Å². The van der Waals surface area contributed by atoms with Gasteiger partial charge in [0.05, 0.1) is 22.2 Å². The Bertz CT molecular complexity index is 1380. The first kappa shape index (κ1) is 23.3. The van der Waals surface area contributed by atoms with Crippen LogP contribution in [0.1, 0.15) is 35.7 Å². The van der Waals surface area contributed by atoms with Crippen LogP contribution in [0.4, 0.5) is 0 Å². The fourth-order valence-electron chi connectivity index (χ4n) is 3.49. The molecule has 1 aliphatic carbocycles. The van der Waals surface area contributed by atoms with E-state index in [9.17, 15) is 18.0 Å². The zero-order chi connectivity index (χ0) is 23.8. The van der Waals surface area contributed by atoms with E-state index in [4.69, 9.17) is 4.74 Å². The lowest BCUT2D eigenvalue weighted by Gasteiger charge is -2.16. The van der Waals surface area contributed by atoms with Gasteiger partial charge in [0.2, 0.25) is 10.0 Å². The molecule has 0 atom stereocenters. The maximum Gasteiger partial charge on any atom is 0.325 e. The monoisotopic (exact) mass is 487 g/mol.